The molecule has 3 aromatic rings. The van der Waals surface area contributed by atoms with Crippen molar-refractivity contribution in [2.45, 2.75) is 88.7 Å². The first-order valence-electron chi connectivity index (χ1n) is 14.5. The smallest absolute Gasteiger partial charge is 0.192 e. The molecule has 0 radical (unpaired) electrons. The third-order valence-corrected chi connectivity index (χ3v) is 13.0. The molecule has 0 aliphatic carbocycles. The minimum Gasteiger partial charge on any atom is -0.408 e. The number of rotatable bonds is 9. The number of ether oxygens (including phenoxy) is 4. The normalized spacial score (nSPS) is 26.8. The lowest BCUT2D eigenvalue weighted by Gasteiger charge is -2.52. The second-order valence-corrected chi connectivity index (χ2v) is 17.2. The van der Waals surface area contributed by atoms with Crippen LogP contribution >= 0.6 is 0 Å². The molecule has 3 aromatic carbocycles. The Kier molecular flexibility index (Phi) is 9.23. The van der Waals surface area contributed by atoms with Crippen LogP contribution in [0.15, 0.2) is 91.0 Å². The largest absolute Gasteiger partial charge is 0.408 e. The van der Waals surface area contributed by atoms with E-state index in [-0.39, 0.29) is 17.2 Å². The second kappa shape index (κ2) is 12.7. The Bertz CT molecular complexity index is 1260. The molecule has 6 atom stereocenters. The van der Waals surface area contributed by atoms with E-state index in [4.69, 9.17) is 23.4 Å². The molecule has 2 aliphatic heterocycles. The van der Waals surface area contributed by atoms with Crippen molar-refractivity contribution < 1.29 is 28.2 Å². The van der Waals surface area contributed by atoms with Crippen LogP contribution in [0, 0.1) is 0 Å². The van der Waals surface area contributed by atoms with E-state index in [9.17, 15) is 4.79 Å². The van der Waals surface area contributed by atoms with Gasteiger partial charge in [-0.1, -0.05) is 112 Å². The standard InChI is InChI=1S/C34H42O6Si/c1-34(2,3)41(4,5)40-32-30(36-22-24-15-9-6-10-16-24)28(21-27(35)25-17-11-7-12-18-25)38-29-23-37-33(39-31(29)32)26-19-13-8-14-20-26/h6-20,28-33H,21-23H2,1-5H3/t28-,29+,30+,31+,32+,33+/m0/s1. The highest BCUT2D eigenvalue weighted by atomic mass is 28.4. The van der Waals surface area contributed by atoms with Gasteiger partial charge in [0.15, 0.2) is 20.4 Å². The summed E-state index contributed by atoms with van der Waals surface area (Å²) in [5.74, 6) is 0.00764. The summed E-state index contributed by atoms with van der Waals surface area (Å²) in [5, 5.41) is -0.0376. The van der Waals surface area contributed by atoms with Crippen LogP contribution in [0.25, 0.3) is 0 Å². The summed E-state index contributed by atoms with van der Waals surface area (Å²) in [6, 6.07) is 29.4. The molecule has 0 unspecified atom stereocenters. The second-order valence-electron chi connectivity index (χ2n) is 12.5. The molecule has 2 heterocycles. The summed E-state index contributed by atoms with van der Waals surface area (Å²) in [6.07, 6.45) is -2.67. The van der Waals surface area contributed by atoms with Crippen LogP contribution < -0.4 is 0 Å². The Hall–Kier alpha value is -2.65. The van der Waals surface area contributed by atoms with Gasteiger partial charge in [-0.05, 0) is 23.7 Å². The minimum atomic E-state index is -2.29. The summed E-state index contributed by atoms with van der Waals surface area (Å²) in [6.45, 7) is 11.9. The number of ketones is 1. The highest BCUT2D eigenvalue weighted by molar-refractivity contribution is 6.74. The van der Waals surface area contributed by atoms with Crippen molar-refractivity contribution in [3.63, 3.8) is 0 Å². The molecule has 0 spiro atoms. The Morgan fingerprint density at radius 3 is 2.10 bits per heavy atom. The zero-order valence-electron chi connectivity index (χ0n) is 24.7. The molecule has 2 saturated heterocycles. The van der Waals surface area contributed by atoms with Gasteiger partial charge < -0.3 is 23.4 Å². The third kappa shape index (κ3) is 7.05. The monoisotopic (exact) mass is 574 g/mol. The molecule has 6 nitrogen and oxygen atoms in total. The fourth-order valence-electron chi connectivity index (χ4n) is 5.15. The molecular weight excluding hydrogens is 532 g/mol. The van der Waals surface area contributed by atoms with Gasteiger partial charge in [0.2, 0.25) is 0 Å². The van der Waals surface area contributed by atoms with Crippen molar-refractivity contribution in [2.24, 2.45) is 0 Å². The van der Waals surface area contributed by atoms with Gasteiger partial charge in [-0.15, -0.1) is 0 Å². The zero-order chi connectivity index (χ0) is 29.0. The minimum absolute atomic E-state index is 0.00764. The Morgan fingerprint density at radius 1 is 0.854 bits per heavy atom. The lowest BCUT2D eigenvalue weighted by molar-refractivity contribution is -0.330. The first kappa shape index (κ1) is 29.8. The summed E-state index contributed by atoms with van der Waals surface area (Å²) in [7, 11) is -2.29. The fourth-order valence-corrected chi connectivity index (χ4v) is 6.45. The lowest BCUT2D eigenvalue weighted by Crippen LogP contribution is -2.65. The van der Waals surface area contributed by atoms with Gasteiger partial charge in [0.05, 0.1) is 19.3 Å². The van der Waals surface area contributed by atoms with Crippen LogP contribution in [0.2, 0.25) is 18.1 Å². The molecule has 2 aliphatic rings. The van der Waals surface area contributed by atoms with E-state index in [2.05, 4.69) is 33.9 Å². The number of Topliss-reactive ketones (excluding diaryl/α,β-unsaturated/α-hetero) is 1. The summed E-state index contributed by atoms with van der Waals surface area (Å²) in [5.41, 5.74) is 2.64. The van der Waals surface area contributed by atoms with Gasteiger partial charge in [0.25, 0.3) is 0 Å². The Morgan fingerprint density at radius 2 is 1.46 bits per heavy atom. The summed E-state index contributed by atoms with van der Waals surface area (Å²) >= 11 is 0. The highest BCUT2D eigenvalue weighted by Crippen LogP contribution is 2.43. The first-order valence-corrected chi connectivity index (χ1v) is 17.4. The van der Waals surface area contributed by atoms with Crippen LogP contribution in [0.4, 0.5) is 0 Å². The molecule has 0 saturated carbocycles. The van der Waals surface area contributed by atoms with Gasteiger partial charge in [0, 0.05) is 17.5 Å². The fraction of sp³-hybridized carbons (Fsp3) is 0.441. The molecule has 2 fully saturated rings. The summed E-state index contributed by atoms with van der Waals surface area (Å²) in [4.78, 5) is 13.5. The van der Waals surface area contributed by atoms with Crippen LogP contribution in [0.1, 0.15) is 55.0 Å². The van der Waals surface area contributed by atoms with Crippen molar-refractivity contribution in [2.75, 3.05) is 6.61 Å². The number of carbonyl (C=O) groups excluding carboxylic acids is 1. The number of hydrogen-bond acceptors (Lipinski definition) is 6. The molecule has 41 heavy (non-hydrogen) atoms. The average molecular weight is 575 g/mol. The molecule has 0 bridgehead atoms. The van der Waals surface area contributed by atoms with Gasteiger partial charge in [-0.3, -0.25) is 4.79 Å². The first-order chi connectivity index (χ1) is 19.6. The van der Waals surface area contributed by atoms with E-state index in [0.29, 0.717) is 18.8 Å². The summed E-state index contributed by atoms with van der Waals surface area (Å²) < 4.78 is 33.3. The van der Waals surface area contributed by atoms with E-state index in [1.807, 2.05) is 91.0 Å². The van der Waals surface area contributed by atoms with E-state index in [1.54, 1.807) is 0 Å². The quantitative estimate of drug-likeness (QED) is 0.200. The topological polar surface area (TPSA) is 63.2 Å². The van der Waals surface area contributed by atoms with Crippen molar-refractivity contribution in [3.8, 4) is 0 Å². The SMILES string of the molecule is CC(C)(C)[Si](C)(C)O[C@@H]1[C@H](OCc2ccccc2)[C@H](CC(=O)c2ccccc2)O[C@@H]2CO[C@@H](c3ccccc3)O[C@@H]12. The third-order valence-electron chi connectivity index (χ3n) is 8.50. The molecule has 7 heteroatoms. The molecule has 0 N–H and O–H groups in total. The van der Waals surface area contributed by atoms with Gasteiger partial charge >= 0.3 is 0 Å². The van der Waals surface area contributed by atoms with E-state index >= 15 is 0 Å². The van der Waals surface area contributed by atoms with Gasteiger partial charge in [-0.25, -0.2) is 0 Å². The zero-order valence-corrected chi connectivity index (χ0v) is 25.7. The average Bonchev–Trinajstić information content (AvgIpc) is 2.97. The van der Waals surface area contributed by atoms with E-state index in [0.717, 1.165) is 11.1 Å². The van der Waals surface area contributed by atoms with Crippen molar-refractivity contribution in [1.29, 1.82) is 0 Å². The van der Waals surface area contributed by atoms with Crippen LogP contribution in [0.3, 0.4) is 0 Å². The van der Waals surface area contributed by atoms with Crippen molar-refractivity contribution in [1.82, 2.24) is 0 Å². The van der Waals surface area contributed by atoms with Gasteiger partial charge in [0.1, 0.15) is 24.4 Å². The maximum Gasteiger partial charge on any atom is 0.192 e. The maximum atomic E-state index is 13.5. The van der Waals surface area contributed by atoms with Crippen molar-refractivity contribution >= 4 is 14.1 Å². The van der Waals surface area contributed by atoms with Crippen LogP contribution in [-0.2, 0) is 30.0 Å². The van der Waals surface area contributed by atoms with Crippen LogP contribution in [-0.4, -0.2) is 51.2 Å². The molecular formula is C34H42O6Si. The van der Waals surface area contributed by atoms with Crippen molar-refractivity contribution in [3.05, 3.63) is 108 Å². The predicted molar refractivity (Wildman–Crippen MR) is 161 cm³/mol. The number of fused-ring (bicyclic) bond motifs is 1. The molecule has 218 valence electrons. The number of hydrogen-bond donors (Lipinski definition) is 0. The Balaban J connectivity index is 1.49. The van der Waals surface area contributed by atoms with E-state index in [1.165, 1.54) is 0 Å². The molecule has 0 aromatic heterocycles. The molecule has 0 amide bonds. The maximum absolute atomic E-state index is 13.5. The Labute approximate surface area is 245 Å². The number of carbonyl (C=O) groups is 1. The van der Waals surface area contributed by atoms with E-state index < -0.39 is 45.1 Å². The molecule has 5 rings (SSSR count). The van der Waals surface area contributed by atoms with Crippen LogP contribution in [0.5, 0.6) is 0 Å². The number of benzene rings is 3. The lowest BCUT2D eigenvalue weighted by atomic mass is 9.90. The highest BCUT2D eigenvalue weighted by Gasteiger charge is 2.54. The van der Waals surface area contributed by atoms with Gasteiger partial charge in [-0.2, -0.15) is 0 Å². The predicted octanol–water partition coefficient (Wildman–Crippen LogP) is 7.12.